The lowest BCUT2D eigenvalue weighted by molar-refractivity contribution is 0.0205. The predicted octanol–water partition coefficient (Wildman–Crippen LogP) is 3.11. The van der Waals surface area contributed by atoms with Gasteiger partial charge in [0.25, 0.3) is 5.91 Å². The van der Waals surface area contributed by atoms with Gasteiger partial charge >= 0.3 is 6.16 Å². The minimum Gasteiger partial charge on any atom is -0.428 e. The number of ether oxygens (including phenoxy) is 2. The van der Waals surface area contributed by atoms with Gasteiger partial charge in [-0.2, -0.15) is 0 Å². The van der Waals surface area contributed by atoms with Crippen LogP contribution in [0.15, 0.2) is 34.7 Å². The highest BCUT2D eigenvalue weighted by atomic mass is 32.2. The zero-order valence-electron chi connectivity index (χ0n) is 14.6. The van der Waals surface area contributed by atoms with Gasteiger partial charge in [-0.1, -0.05) is 23.5 Å². The third-order valence-electron chi connectivity index (χ3n) is 2.78. The molecule has 2 rings (SSSR count). The Hall–Kier alpha value is -2.46. The normalized spacial score (nSPS) is 11.7. The van der Waals surface area contributed by atoms with Gasteiger partial charge in [0, 0.05) is 6.26 Å². The molecule has 0 fully saturated rings. The summed E-state index contributed by atoms with van der Waals surface area (Å²) in [5.41, 5.74) is -0.661. The summed E-state index contributed by atoms with van der Waals surface area (Å²) in [4.78, 5) is 28.1. The number of aromatic nitrogens is 1. The Kier molecular flexibility index (Phi) is 5.67. The molecular formula is C16H18N2O6S2. The molecule has 1 heterocycles. The zero-order valence-corrected chi connectivity index (χ0v) is 16.2. The maximum atomic E-state index is 12.4. The van der Waals surface area contributed by atoms with Crippen molar-refractivity contribution in [3.8, 4) is 5.75 Å². The molecule has 0 saturated heterocycles. The van der Waals surface area contributed by atoms with Gasteiger partial charge in [0.1, 0.15) is 15.6 Å². The average molecular weight is 398 g/mol. The van der Waals surface area contributed by atoms with Gasteiger partial charge in [-0.05, 0) is 32.9 Å². The molecule has 10 heteroatoms. The largest absolute Gasteiger partial charge is 0.514 e. The number of nitrogens with zero attached hydrogens (tertiary/aromatic N) is 1. The van der Waals surface area contributed by atoms with Crippen molar-refractivity contribution in [1.29, 1.82) is 0 Å². The average Bonchev–Trinajstić information content (AvgIpc) is 2.94. The Morgan fingerprint density at radius 3 is 2.42 bits per heavy atom. The second-order valence-corrected chi connectivity index (χ2v) is 9.55. The van der Waals surface area contributed by atoms with Crippen LogP contribution in [0.5, 0.6) is 5.75 Å². The highest BCUT2D eigenvalue weighted by Crippen LogP contribution is 2.25. The third-order valence-corrected chi connectivity index (χ3v) is 5.49. The van der Waals surface area contributed by atoms with Crippen molar-refractivity contribution >= 4 is 38.4 Å². The quantitative estimate of drug-likeness (QED) is 0.622. The first-order chi connectivity index (χ1) is 12.0. The maximum absolute atomic E-state index is 12.4. The van der Waals surface area contributed by atoms with E-state index in [9.17, 15) is 18.0 Å². The smallest absolute Gasteiger partial charge is 0.428 e. The number of rotatable bonds is 4. The second-order valence-electron chi connectivity index (χ2n) is 6.27. The van der Waals surface area contributed by atoms with Crippen molar-refractivity contribution in [3.63, 3.8) is 0 Å². The predicted molar refractivity (Wildman–Crippen MR) is 96.5 cm³/mol. The van der Waals surface area contributed by atoms with Crippen molar-refractivity contribution in [3.05, 3.63) is 36.0 Å². The van der Waals surface area contributed by atoms with Crippen molar-refractivity contribution in [2.24, 2.45) is 0 Å². The van der Waals surface area contributed by atoms with Crippen LogP contribution < -0.4 is 10.1 Å². The van der Waals surface area contributed by atoms with E-state index >= 15 is 0 Å². The van der Waals surface area contributed by atoms with Gasteiger partial charge < -0.3 is 9.47 Å². The van der Waals surface area contributed by atoms with E-state index in [4.69, 9.17) is 9.47 Å². The molecule has 140 valence electrons. The summed E-state index contributed by atoms with van der Waals surface area (Å²) >= 11 is 0.827. The van der Waals surface area contributed by atoms with Gasteiger partial charge in [-0.15, -0.1) is 0 Å². The summed E-state index contributed by atoms with van der Waals surface area (Å²) in [6.07, 6.45) is 1.28. The first kappa shape index (κ1) is 19.9. The van der Waals surface area contributed by atoms with Crippen LogP contribution in [0, 0.1) is 0 Å². The number of thiazole rings is 1. The minimum absolute atomic E-state index is 0.0131. The number of para-hydroxylation sites is 1. The molecule has 26 heavy (non-hydrogen) atoms. The molecule has 0 radical (unpaired) electrons. The first-order valence-electron chi connectivity index (χ1n) is 7.43. The molecule has 8 nitrogen and oxygen atoms in total. The van der Waals surface area contributed by atoms with Gasteiger partial charge in [-0.3, -0.25) is 10.1 Å². The maximum Gasteiger partial charge on any atom is 0.514 e. The molecule has 1 N–H and O–H groups in total. The number of carbonyl (C=O) groups is 2. The number of anilines is 1. The Bertz CT molecular complexity index is 928. The number of nitrogens with one attached hydrogen (secondary N) is 1. The topological polar surface area (TPSA) is 112 Å². The fourth-order valence-corrected chi connectivity index (χ4v) is 3.39. The van der Waals surface area contributed by atoms with E-state index in [-0.39, 0.29) is 20.7 Å². The molecule has 1 aromatic heterocycles. The number of hydrogen-bond acceptors (Lipinski definition) is 8. The Morgan fingerprint density at radius 2 is 1.85 bits per heavy atom. The lowest BCUT2D eigenvalue weighted by atomic mass is 10.2. The highest BCUT2D eigenvalue weighted by molar-refractivity contribution is 7.92. The molecule has 1 amide bonds. The van der Waals surface area contributed by atoms with E-state index in [0.29, 0.717) is 0 Å². The summed E-state index contributed by atoms with van der Waals surface area (Å²) in [5, 5.41) is 2.60. The monoisotopic (exact) mass is 398 g/mol. The third kappa shape index (κ3) is 5.53. The molecule has 0 unspecified atom stereocenters. The van der Waals surface area contributed by atoms with Crippen molar-refractivity contribution < 1.29 is 27.5 Å². The summed E-state index contributed by atoms with van der Waals surface area (Å²) in [7, 11) is -3.41. The van der Waals surface area contributed by atoms with E-state index in [2.05, 4.69) is 10.3 Å². The van der Waals surface area contributed by atoms with E-state index in [1.165, 1.54) is 18.3 Å². The number of amides is 1. The summed E-state index contributed by atoms with van der Waals surface area (Å²) in [6.45, 7) is 5.07. The number of hydrogen-bond donors (Lipinski definition) is 1. The highest BCUT2D eigenvalue weighted by Gasteiger charge is 2.21. The fraction of sp³-hybridized carbons (Fsp3) is 0.312. The molecule has 0 saturated carbocycles. The summed E-state index contributed by atoms with van der Waals surface area (Å²) in [5.74, 6) is -0.585. The Balaban J connectivity index is 2.17. The van der Waals surface area contributed by atoms with Crippen molar-refractivity contribution in [2.75, 3.05) is 11.6 Å². The number of sulfone groups is 1. The molecule has 0 bridgehead atoms. The van der Waals surface area contributed by atoms with Crippen LogP contribution in [-0.2, 0) is 14.6 Å². The Labute approximate surface area is 155 Å². The van der Waals surface area contributed by atoms with Crippen LogP contribution in [0.4, 0.5) is 9.93 Å². The second kappa shape index (κ2) is 7.42. The van der Waals surface area contributed by atoms with Crippen LogP contribution in [0.3, 0.4) is 0 Å². The van der Waals surface area contributed by atoms with Gasteiger partial charge in [0.2, 0.25) is 0 Å². The minimum atomic E-state index is -3.41. The molecule has 2 aromatic rings. The number of carbonyl (C=O) groups excluding carboxylic acids is 2. The Morgan fingerprint density at radius 1 is 1.19 bits per heavy atom. The van der Waals surface area contributed by atoms with Crippen LogP contribution in [0.1, 0.15) is 31.1 Å². The molecule has 0 atom stereocenters. The molecule has 0 aliphatic heterocycles. The van der Waals surface area contributed by atoms with Crippen LogP contribution in [0.25, 0.3) is 0 Å². The molecule has 1 aromatic carbocycles. The SMILES string of the molecule is CC(C)(C)OC(=O)Oc1ccccc1C(=O)Nc1ncc(S(C)(=O)=O)s1. The van der Waals surface area contributed by atoms with Crippen molar-refractivity contribution in [1.82, 2.24) is 4.98 Å². The zero-order chi connectivity index (χ0) is 19.5. The van der Waals surface area contributed by atoms with E-state index in [1.54, 1.807) is 32.9 Å². The first-order valence-corrected chi connectivity index (χ1v) is 10.1. The van der Waals surface area contributed by atoms with Gasteiger partial charge in [-0.25, -0.2) is 18.2 Å². The fourth-order valence-electron chi connectivity index (χ4n) is 1.76. The summed E-state index contributed by atoms with van der Waals surface area (Å²) in [6, 6.07) is 6.10. The molecular weight excluding hydrogens is 380 g/mol. The van der Waals surface area contributed by atoms with Gasteiger partial charge in [0.05, 0.1) is 11.8 Å². The van der Waals surface area contributed by atoms with E-state index in [0.717, 1.165) is 17.6 Å². The summed E-state index contributed by atoms with van der Waals surface area (Å²) < 4.78 is 33.2. The van der Waals surface area contributed by atoms with E-state index in [1.807, 2.05) is 0 Å². The van der Waals surface area contributed by atoms with Crippen LogP contribution >= 0.6 is 11.3 Å². The lowest BCUT2D eigenvalue weighted by Crippen LogP contribution is -2.26. The van der Waals surface area contributed by atoms with Crippen LogP contribution in [-0.4, -0.2) is 37.3 Å². The van der Waals surface area contributed by atoms with Crippen molar-refractivity contribution in [2.45, 2.75) is 30.6 Å². The lowest BCUT2D eigenvalue weighted by Gasteiger charge is -2.19. The molecule has 0 spiro atoms. The van der Waals surface area contributed by atoms with Crippen LogP contribution in [0.2, 0.25) is 0 Å². The standard InChI is InChI=1S/C16H18N2O6S2/c1-16(2,3)24-15(20)23-11-8-6-5-7-10(11)13(19)18-14-17-9-12(25-14)26(4,21)22/h5-9H,1-4H3,(H,17,18,19). The van der Waals surface area contributed by atoms with E-state index < -0.39 is 27.5 Å². The molecule has 0 aliphatic carbocycles. The number of benzene rings is 1. The molecule has 0 aliphatic rings. The van der Waals surface area contributed by atoms with Gasteiger partial charge in [0.15, 0.2) is 15.0 Å².